The lowest BCUT2D eigenvalue weighted by Gasteiger charge is -2.20. The first kappa shape index (κ1) is 33.1. The van der Waals surface area contributed by atoms with Crippen LogP contribution in [0.3, 0.4) is 0 Å². The molecule has 4 atom stereocenters. The summed E-state index contributed by atoms with van der Waals surface area (Å²) in [5.41, 5.74) is 1.11. The van der Waals surface area contributed by atoms with Crippen molar-refractivity contribution in [3.05, 3.63) is 23.0 Å². The molecule has 250 valence electrons. The highest BCUT2D eigenvalue weighted by Crippen LogP contribution is 2.49. The Kier molecular flexibility index (Phi) is 10.2. The second-order valence-corrected chi connectivity index (χ2v) is 14.3. The number of ether oxygens (including phenoxy) is 4. The molecule has 1 saturated heterocycles. The first-order chi connectivity index (χ1) is 22.2. The third kappa shape index (κ3) is 7.50. The lowest BCUT2D eigenvalue weighted by atomic mass is 10.1. The van der Waals surface area contributed by atoms with Crippen LogP contribution in [0.2, 0.25) is 5.15 Å². The van der Waals surface area contributed by atoms with Gasteiger partial charge in [0.1, 0.15) is 41.9 Å². The van der Waals surface area contributed by atoms with Gasteiger partial charge >= 0.3 is 19.5 Å². The zero-order valence-electron chi connectivity index (χ0n) is 24.9. The minimum absolute atomic E-state index is 0.00950. The molecule has 17 heteroatoms. The van der Waals surface area contributed by atoms with Crippen LogP contribution in [0.25, 0.3) is 11.0 Å². The summed E-state index contributed by atoms with van der Waals surface area (Å²) in [6, 6.07) is 4.05. The Labute approximate surface area is 269 Å². The van der Waals surface area contributed by atoms with Crippen LogP contribution in [-0.4, -0.2) is 82.6 Å². The largest absolute Gasteiger partial charge is 0.438 e. The predicted octanol–water partition coefficient (Wildman–Crippen LogP) is 3.56. The van der Waals surface area contributed by atoms with Gasteiger partial charge in [-0.2, -0.15) is 5.26 Å². The molecule has 3 aliphatic carbocycles. The molecule has 46 heavy (non-hydrogen) atoms. The number of aliphatic hydroxyl groups is 2. The number of esters is 2. The van der Waals surface area contributed by atoms with E-state index in [-0.39, 0.29) is 35.2 Å². The zero-order chi connectivity index (χ0) is 32.4. The van der Waals surface area contributed by atoms with Crippen LogP contribution in [0, 0.1) is 23.2 Å². The van der Waals surface area contributed by atoms with Crippen molar-refractivity contribution in [3.63, 3.8) is 0 Å². The van der Waals surface area contributed by atoms with Crippen molar-refractivity contribution in [2.24, 2.45) is 11.8 Å². The third-order valence-electron chi connectivity index (χ3n) is 8.50. The number of hydrogen-bond donors (Lipinski definition) is 3. The van der Waals surface area contributed by atoms with Crippen LogP contribution < -0.4 is 5.32 Å². The molecule has 3 saturated carbocycles. The minimum atomic E-state index is -4.11. The van der Waals surface area contributed by atoms with E-state index in [4.69, 9.17) is 39.6 Å². The fraction of sp³-hybridized carbons (Fsp3) is 0.655. The molecule has 0 spiro atoms. The SMILES string of the molecule is N#Cc1c(Cl)nc2c(ccn2[C@@H]2O[C@H](COCP(=O)(OCOC(=O)C3CC3)OCOC(=O)C3CC3)[C@@H](O)[C@H]2O)c1NC1CCCC1. The van der Waals surface area contributed by atoms with Crippen LogP contribution in [0.5, 0.6) is 0 Å². The number of nitrogens with zero attached hydrogens (tertiary/aromatic N) is 3. The standard InChI is InChI=1S/C29H36ClN4O11P/c30-25-20(11-31)22(32-18-3-1-2-4-18)19-9-10-34(26(19)33-25)27-24(36)23(35)21(45-27)12-40-15-46(39,43-13-41-28(37)16-5-6-16)44-14-42-29(38)17-7-8-17/h9-10,16-18,21,23-24,27,35-36H,1-8,12-15H2,(H,32,33)/t21-,23-,24-,27-/m1/s1. The fourth-order valence-electron chi connectivity index (χ4n) is 5.56. The first-order valence-corrected chi connectivity index (χ1v) is 17.5. The van der Waals surface area contributed by atoms with Crippen LogP contribution in [-0.2, 0) is 42.1 Å². The smallest absolute Gasteiger partial charge is 0.361 e. The van der Waals surface area contributed by atoms with Crippen LogP contribution in [0.4, 0.5) is 5.69 Å². The molecule has 3 heterocycles. The summed E-state index contributed by atoms with van der Waals surface area (Å²) in [7, 11) is -4.11. The highest BCUT2D eigenvalue weighted by molar-refractivity contribution is 7.53. The van der Waals surface area contributed by atoms with Crippen LogP contribution in [0.1, 0.15) is 63.2 Å². The Balaban J connectivity index is 1.10. The highest BCUT2D eigenvalue weighted by Gasteiger charge is 2.45. The van der Waals surface area contributed by atoms with E-state index in [2.05, 4.69) is 16.4 Å². The van der Waals surface area contributed by atoms with E-state index in [1.807, 2.05) is 0 Å². The number of hydrogen-bond acceptors (Lipinski definition) is 14. The number of aromatic nitrogens is 2. The molecule has 15 nitrogen and oxygen atoms in total. The topological polar surface area (TPSA) is 201 Å². The molecular formula is C29H36ClN4O11P. The van der Waals surface area contributed by atoms with E-state index in [0.717, 1.165) is 25.7 Å². The summed E-state index contributed by atoms with van der Waals surface area (Å²) < 4.78 is 46.8. The van der Waals surface area contributed by atoms with Crippen molar-refractivity contribution in [3.8, 4) is 6.07 Å². The Morgan fingerprint density at radius 3 is 2.28 bits per heavy atom. The number of nitriles is 1. The van der Waals surface area contributed by atoms with Gasteiger partial charge in [-0.15, -0.1) is 0 Å². The molecule has 2 aromatic rings. The molecule has 3 N–H and O–H groups in total. The van der Waals surface area contributed by atoms with Gasteiger partial charge in [0.15, 0.2) is 11.4 Å². The van der Waals surface area contributed by atoms with Gasteiger partial charge in [-0.1, -0.05) is 24.4 Å². The van der Waals surface area contributed by atoms with Gasteiger partial charge in [-0.25, -0.2) is 4.98 Å². The second kappa shape index (κ2) is 14.1. The van der Waals surface area contributed by atoms with Crippen molar-refractivity contribution in [2.45, 2.75) is 81.9 Å². The van der Waals surface area contributed by atoms with Crippen molar-refractivity contribution >= 4 is 47.9 Å². The van der Waals surface area contributed by atoms with E-state index in [1.54, 1.807) is 12.3 Å². The maximum Gasteiger partial charge on any atom is 0.361 e. The van der Waals surface area contributed by atoms with Gasteiger partial charge in [-0.3, -0.25) is 23.2 Å². The van der Waals surface area contributed by atoms with Crippen LogP contribution >= 0.6 is 19.2 Å². The van der Waals surface area contributed by atoms with Crippen molar-refractivity contribution < 1.29 is 52.4 Å². The normalized spacial score (nSPS) is 25.1. The van der Waals surface area contributed by atoms with E-state index in [9.17, 15) is 29.6 Å². The van der Waals surface area contributed by atoms with Gasteiger partial charge in [0.2, 0.25) is 13.6 Å². The number of pyridine rings is 1. The third-order valence-corrected chi connectivity index (χ3v) is 10.3. The van der Waals surface area contributed by atoms with Crippen molar-refractivity contribution in [1.82, 2.24) is 9.55 Å². The number of rotatable bonds is 15. The maximum atomic E-state index is 13.3. The van der Waals surface area contributed by atoms with Gasteiger partial charge in [-0.05, 0) is 44.6 Å². The zero-order valence-corrected chi connectivity index (χ0v) is 26.6. The van der Waals surface area contributed by atoms with E-state index < -0.39 is 64.0 Å². The Morgan fingerprint density at radius 1 is 1.07 bits per heavy atom. The van der Waals surface area contributed by atoms with Crippen LogP contribution in [0.15, 0.2) is 12.3 Å². The number of nitrogens with one attached hydrogen (secondary N) is 1. The molecule has 0 radical (unpaired) electrons. The number of carbonyl (C=O) groups is 2. The average Bonchev–Trinajstić information content (AvgIpc) is 3.95. The van der Waals surface area contributed by atoms with E-state index in [1.165, 1.54) is 4.57 Å². The number of halogens is 1. The molecule has 0 amide bonds. The summed E-state index contributed by atoms with van der Waals surface area (Å²) >= 11 is 6.41. The van der Waals surface area contributed by atoms with Gasteiger partial charge < -0.3 is 39.0 Å². The molecule has 2 aromatic heterocycles. The van der Waals surface area contributed by atoms with Crippen molar-refractivity contribution in [1.29, 1.82) is 5.26 Å². The van der Waals surface area contributed by atoms with Crippen molar-refractivity contribution in [2.75, 3.05) is 31.9 Å². The summed E-state index contributed by atoms with van der Waals surface area (Å²) in [6.45, 7) is -1.65. The second-order valence-electron chi connectivity index (χ2n) is 12.0. The summed E-state index contributed by atoms with van der Waals surface area (Å²) in [4.78, 5) is 28.1. The average molecular weight is 683 g/mol. The Morgan fingerprint density at radius 2 is 1.70 bits per heavy atom. The van der Waals surface area contributed by atoms with Gasteiger partial charge in [0.05, 0.1) is 24.1 Å². The van der Waals surface area contributed by atoms with Gasteiger partial charge in [0, 0.05) is 17.6 Å². The molecule has 0 aromatic carbocycles. The molecule has 6 rings (SSSR count). The van der Waals surface area contributed by atoms with Gasteiger partial charge in [0.25, 0.3) is 0 Å². The lowest BCUT2D eigenvalue weighted by molar-refractivity contribution is -0.154. The number of aliphatic hydroxyl groups excluding tert-OH is 2. The number of fused-ring (bicyclic) bond motifs is 1. The van der Waals surface area contributed by atoms with E-state index in [0.29, 0.717) is 42.4 Å². The Hall–Kier alpha value is -2.80. The lowest BCUT2D eigenvalue weighted by Crippen LogP contribution is -2.34. The van der Waals surface area contributed by atoms with E-state index >= 15 is 0 Å². The summed E-state index contributed by atoms with van der Waals surface area (Å²) in [5, 5.41) is 35.6. The minimum Gasteiger partial charge on any atom is -0.438 e. The summed E-state index contributed by atoms with van der Waals surface area (Å²) in [6.07, 6.45) is 2.94. The quantitative estimate of drug-likeness (QED) is 0.107. The maximum absolute atomic E-state index is 13.3. The molecule has 0 unspecified atom stereocenters. The molecule has 1 aliphatic heterocycles. The first-order valence-electron chi connectivity index (χ1n) is 15.3. The Bertz CT molecular complexity index is 1500. The molecule has 4 fully saturated rings. The number of carbonyl (C=O) groups excluding carboxylic acids is 2. The fourth-order valence-corrected chi connectivity index (χ4v) is 6.76. The summed E-state index contributed by atoms with van der Waals surface area (Å²) in [5.74, 6) is -1.36. The number of anilines is 1. The molecule has 4 aliphatic rings. The highest BCUT2D eigenvalue weighted by atomic mass is 35.5. The monoisotopic (exact) mass is 682 g/mol. The molecular weight excluding hydrogens is 647 g/mol. The predicted molar refractivity (Wildman–Crippen MR) is 159 cm³/mol. The molecule has 0 bridgehead atoms.